The van der Waals surface area contributed by atoms with Crippen molar-refractivity contribution >= 4 is 50.3 Å². The number of fused-ring (bicyclic) bond motifs is 2. The lowest BCUT2D eigenvalue weighted by Gasteiger charge is -2.33. The van der Waals surface area contributed by atoms with Gasteiger partial charge in [-0.05, 0) is 53.5 Å². The Morgan fingerprint density at radius 2 is 1.74 bits per heavy atom. The Kier molecular flexibility index (Phi) is 5.99. The summed E-state index contributed by atoms with van der Waals surface area (Å²) in [6.45, 7) is 3.64. The number of rotatable bonds is 5. The Balaban J connectivity index is 1.56. The van der Waals surface area contributed by atoms with Crippen LogP contribution in [0.5, 0.6) is 0 Å². The van der Waals surface area contributed by atoms with Gasteiger partial charge >= 0.3 is 0 Å². The van der Waals surface area contributed by atoms with Gasteiger partial charge in [0.1, 0.15) is 0 Å². The molecule has 5 rings (SSSR count). The molecule has 6 heteroatoms. The number of aromatic nitrogens is 1. The number of aryl methyl sites for hydroxylation is 1. The summed E-state index contributed by atoms with van der Waals surface area (Å²) < 4.78 is 1.02. The number of hydrogen-bond donors (Lipinski definition) is 0. The highest BCUT2D eigenvalue weighted by Gasteiger charge is 2.31. The van der Waals surface area contributed by atoms with E-state index in [1.54, 1.807) is 16.0 Å². The third-order valence-corrected chi connectivity index (χ3v) is 7.18. The van der Waals surface area contributed by atoms with Crippen LogP contribution in [0, 0.1) is 0 Å². The molecule has 0 radical (unpaired) electrons. The van der Waals surface area contributed by atoms with Crippen LogP contribution in [0.15, 0.2) is 79.0 Å². The number of carbonyl (C=O) groups excluding carboxylic acids is 2. The van der Waals surface area contributed by atoms with Crippen LogP contribution in [0.4, 0.5) is 10.8 Å². The van der Waals surface area contributed by atoms with E-state index in [-0.39, 0.29) is 24.3 Å². The first kappa shape index (κ1) is 22.0. The standard InChI is InChI=1S/C28H25N3O2S/c1-3-20-12-14-22(15-13-20)31(28-29-24-10-6-7-11-26(24)34-28)27(33)18-25-23-9-5-4-8-21(23)16-17-30(25)19(2)32/h4-17,25H,3,18H2,1-2H3. The first-order chi connectivity index (χ1) is 16.5. The molecule has 0 N–H and O–H groups in total. The number of carbonyl (C=O) groups is 2. The molecule has 1 unspecified atom stereocenters. The summed E-state index contributed by atoms with van der Waals surface area (Å²) in [5, 5.41) is 0.629. The van der Waals surface area contributed by atoms with Crippen LogP contribution in [0.3, 0.4) is 0 Å². The molecule has 4 aromatic rings. The summed E-state index contributed by atoms with van der Waals surface area (Å²) in [5.41, 5.74) is 4.84. The van der Waals surface area contributed by atoms with Crippen LogP contribution in [0.1, 0.15) is 43.0 Å². The second-order valence-corrected chi connectivity index (χ2v) is 9.31. The van der Waals surface area contributed by atoms with Crippen LogP contribution in [-0.2, 0) is 16.0 Å². The van der Waals surface area contributed by atoms with Crippen LogP contribution in [-0.4, -0.2) is 21.7 Å². The van der Waals surface area contributed by atoms with Crippen molar-refractivity contribution in [3.63, 3.8) is 0 Å². The molecule has 1 aliphatic heterocycles. The number of para-hydroxylation sites is 1. The fourth-order valence-electron chi connectivity index (χ4n) is 4.37. The van der Waals surface area contributed by atoms with E-state index < -0.39 is 0 Å². The molecule has 2 heterocycles. The zero-order valence-corrected chi connectivity index (χ0v) is 20.0. The number of thiazole rings is 1. The molecule has 0 spiro atoms. The normalized spacial score (nSPS) is 14.8. The smallest absolute Gasteiger partial charge is 0.235 e. The van der Waals surface area contributed by atoms with E-state index in [9.17, 15) is 9.59 Å². The average molecular weight is 468 g/mol. The van der Waals surface area contributed by atoms with Crippen LogP contribution in [0.2, 0.25) is 0 Å². The second-order valence-electron chi connectivity index (χ2n) is 8.30. The zero-order chi connectivity index (χ0) is 23.7. The number of nitrogens with zero attached hydrogens (tertiary/aromatic N) is 3. The molecule has 170 valence electrons. The molecule has 0 saturated heterocycles. The molecular weight excluding hydrogens is 442 g/mol. The van der Waals surface area contributed by atoms with Crippen molar-refractivity contribution < 1.29 is 9.59 Å². The Bertz CT molecular complexity index is 1360. The first-order valence-corrected chi connectivity index (χ1v) is 12.2. The first-order valence-electron chi connectivity index (χ1n) is 11.4. The predicted octanol–water partition coefficient (Wildman–Crippen LogP) is 6.49. The summed E-state index contributed by atoms with van der Waals surface area (Å²) in [6.07, 6.45) is 4.77. The van der Waals surface area contributed by atoms with E-state index in [1.165, 1.54) is 23.8 Å². The Labute approximate surface area is 203 Å². The van der Waals surface area contributed by atoms with Gasteiger partial charge in [-0.15, -0.1) is 0 Å². The van der Waals surface area contributed by atoms with Crippen LogP contribution in [0.25, 0.3) is 16.3 Å². The van der Waals surface area contributed by atoms with Gasteiger partial charge in [-0.25, -0.2) is 4.98 Å². The van der Waals surface area contributed by atoms with E-state index in [2.05, 4.69) is 6.92 Å². The van der Waals surface area contributed by atoms with Gasteiger partial charge in [-0.2, -0.15) is 0 Å². The lowest BCUT2D eigenvalue weighted by molar-refractivity contribution is -0.129. The molecule has 0 saturated carbocycles. The molecule has 1 atom stereocenters. The highest BCUT2D eigenvalue weighted by Crippen LogP contribution is 2.38. The maximum atomic E-state index is 14.0. The van der Waals surface area contributed by atoms with Crippen molar-refractivity contribution in [1.29, 1.82) is 0 Å². The molecule has 0 aliphatic carbocycles. The Morgan fingerprint density at radius 3 is 2.47 bits per heavy atom. The van der Waals surface area contributed by atoms with Gasteiger partial charge < -0.3 is 4.90 Å². The third kappa shape index (κ3) is 4.13. The fraction of sp³-hybridized carbons (Fsp3) is 0.179. The van der Waals surface area contributed by atoms with Crippen molar-refractivity contribution in [1.82, 2.24) is 9.88 Å². The summed E-state index contributed by atoms with van der Waals surface area (Å²) in [5.74, 6) is -0.202. The van der Waals surface area contributed by atoms with Gasteiger partial charge in [0, 0.05) is 13.1 Å². The summed E-state index contributed by atoms with van der Waals surface area (Å²) in [7, 11) is 0. The highest BCUT2D eigenvalue weighted by molar-refractivity contribution is 7.22. The minimum absolute atomic E-state index is 0.0950. The Hall–Kier alpha value is -3.77. The lowest BCUT2D eigenvalue weighted by atomic mass is 9.93. The molecular formula is C28H25N3O2S. The van der Waals surface area contributed by atoms with E-state index in [0.29, 0.717) is 5.13 Å². The van der Waals surface area contributed by atoms with Crippen molar-refractivity contribution in [2.45, 2.75) is 32.7 Å². The topological polar surface area (TPSA) is 53.5 Å². The Morgan fingerprint density at radius 1 is 1.00 bits per heavy atom. The van der Waals surface area contributed by atoms with Crippen molar-refractivity contribution in [2.24, 2.45) is 0 Å². The third-order valence-electron chi connectivity index (χ3n) is 6.16. The SMILES string of the molecule is CCc1ccc(N(C(=O)CC2c3ccccc3C=CN2C(C)=O)c2nc3ccccc3s2)cc1. The molecule has 1 aromatic heterocycles. The van der Waals surface area contributed by atoms with Gasteiger partial charge in [0.2, 0.25) is 11.8 Å². The largest absolute Gasteiger partial charge is 0.311 e. The second kappa shape index (κ2) is 9.23. The minimum Gasteiger partial charge on any atom is -0.311 e. The number of benzene rings is 3. The van der Waals surface area contributed by atoms with Crippen molar-refractivity contribution in [2.75, 3.05) is 4.90 Å². The van der Waals surface area contributed by atoms with Crippen molar-refractivity contribution in [3.8, 4) is 0 Å². The van der Waals surface area contributed by atoms with E-state index >= 15 is 0 Å². The van der Waals surface area contributed by atoms with E-state index in [4.69, 9.17) is 4.98 Å². The van der Waals surface area contributed by atoms with E-state index in [0.717, 1.165) is 33.5 Å². The highest BCUT2D eigenvalue weighted by atomic mass is 32.1. The minimum atomic E-state index is -0.377. The zero-order valence-electron chi connectivity index (χ0n) is 19.1. The van der Waals surface area contributed by atoms with Gasteiger partial charge in [0.15, 0.2) is 5.13 Å². The van der Waals surface area contributed by atoms with Crippen LogP contribution < -0.4 is 4.90 Å². The van der Waals surface area contributed by atoms with Gasteiger partial charge in [0.05, 0.1) is 28.4 Å². The molecule has 34 heavy (non-hydrogen) atoms. The number of amides is 2. The maximum Gasteiger partial charge on any atom is 0.235 e. The van der Waals surface area contributed by atoms with Gasteiger partial charge in [-0.3, -0.25) is 14.5 Å². The quantitative estimate of drug-likeness (QED) is 0.337. The predicted molar refractivity (Wildman–Crippen MR) is 138 cm³/mol. The molecule has 5 nitrogen and oxygen atoms in total. The molecule has 0 fully saturated rings. The molecule has 1 aliphatic rings. The van der Waals surface area contributed by atoms with Crippen LogP contribution >= 0.6 is 11.3 Å². The molecule has 3 aromatic carbocycles. The lowest BCUT2D eigenvalue weighted by Crippen LogP contribution is -2.35. The number of hydrogen-bond acceptors (Lipinski definition) is 4. The van der Waals surface area contributed by atoms with Gasteiger partial charge in [-0.1, -0.05) is 66.8 Å². The molecule has 0 bridgehead atoms. The summed E-state index contributed by atoms with van der Waals surface area (Å²) in [4.78, 5) is 34.5. The van der Waals surface area contributed by atoms with Crippen molar-refractivity contribution in [3.05, 3.63) is 95.7 Å². The monoisotopic (exact) mass is 467 g/mol. The fourth-order valence-corrected chi connectivity index (χ4v) is 5.37. The summed E-state index contributed by atoms with van der Waals surface area (Å²) >= 11 is 1.49. The van der Waals surface area contributed by atoms with E-state index in [1.807, 2.05) is 78.9 Å². The average Bonchev–Trinajstić information content (AvgIpc) is 3.28. The summed E-state index contributed by atoms with van der Waals surface area (Å²) in [6, 6.07) is 23.5. The molecule has 2 amide bonds. The van der Waals surface area contributed by atoms with Gasteiger partial charge in [0.25, 0.3) is 0 Å². The maximum absolute atomic E-state index is 14.0. The number of anilines is 2.